The van der Waals surface area contributed by atoms with E-state index in [9.17, 15) is 4.79 Å². The van der Waals surface area contributed by atoms with Crippen molar-refractivity contribution >= 4 is 34.1 Å². The summed E-state index contributed by atoms with van der Waals surface area (Å²) in [5.74, 6) is 0.966. The molecule has 1 N–H and O–H groups in total. The van der Waals surface area contributed by atoms with Gasteiger partial charge in [0.2, 0.25) is 11.8 Å². The van der Waals surface area contributed by atoms with Gasteiger partial charge in [0.1, 0.15) is 0 Å². The summed E-state index contributed by atoms with van der Waals surface area (Å²) in [7, 11) is 0. The van der Waals surface area contributed by atoms with Gasteiger partial charge in [-0.05, 0) is 31.7 Å². The molecule has 0 spiro atoms. The van der Waals surface area contributed by atoms with Gasteiger partial charge < -0.3 is 9.73 Å². The first-order valence-electron chi connectivity index (χ1n) is 8.98. The minimum absolute atomic E-state index is 0.131. The van der Waals surface area contributed by atoms with E-state index in [2.05, 4.69) is 51.7 Å². The maximum atomic E-state index is 12.4. The third-order valence-electron chi connectivity index (χ3n) is 4.39. The van der Waals surface area contributed by atoms with Gasteiger partial charge in [-0.1, -0.05) is 43.0 Å². The molecule has 2 heterocycles. The lowest BCUT2D eigenvalue weighted by atomic mass is 10.1. The van der Waals surface area contributed by atoms with Gasteiger partial charge in [-0.2, -0.15) is 0 Å². The largest absolute Gasteiger partial charge is 0.416 e. The number of aryl methyl sites for hydroxylation is 1. The Labute approximate surface area is 165 Å². The van der Waals surface area contributed by atoms with Crippen molar-refractivity contribution in [2.45, 2.75) is 49.5 Å². The molecule has 1 saturated carbocycles. The highest BCUT2D eigenvalue weighted by Crippen LogP contribution is 2.40. The lowest BCUT2D eigenvalue weighted by Gasteiger charge is -2.07. The number of thiazole rings is 1. The SMILES string of the molecule is CCc1ccc(-c2csc(NC(=O)[C@H](C)Sc3nnc(C4CC4)o3)n2)cc1. The molecule has 140 valence electrons. The topological polar surface area (TPSA) is 80.9 Å². The van der Waals surface area contributed by atoms with Crippen molar-refractivity contribution in [1.82, 2.24) is 15.2 Å². The maximum Gasteiger partial charge on any atom is 0.277 e. The van der Waals surface area contributed by atoms with Gasteiger partial charge in [-0.25, -0.2) is 4.98 Å². The summed E-state index contributed by atoms with van der Waals surface area (Å²) in [6.07, 6.45) is 3.22. The number of amides is 1. The second kappa shape index (κ2) is 7.82. The van der Waals surface area contributed by atoms with Crippen LogP contribution >= 0.6 is 23.1 Å². The first-order valence-corrected chi connectivity index (χ1v) is 10.7. The second-order valence-corrected chi connectivity index (χ2v) is 8.67. The number of anilines is 1. The molecule has 3 aromatic rings. The average molecular weight is 401 g/mol. The van der Waals surface area contributed by atoms with E-state index in [4.69, 9.17) is 4.42 Å². The first kappa shape index (κ1) is 18.2. The van der Waals surface area contributed by atoms with Crippen LogP contribution in [0, 0.1) is 0 Å². The first-order chi connectivity index (χ1) is 13.1. The van der Waals surface area contributed by atoms with Gasteiger partial charge in [0, 0.05) is 16.9 Å². The minimum Gasteiger partial charge on any atom is -0.416 e. The van der Waals surface area contributed by atoms with Gasteiger partial charge >= 0.3 is 0 Å². The fourth-order valence-corrected chi connectivity index (χ4v) is 3.96. The molecular formula is C19H20N4O2S2. The maximum absolute atomic E-state index is 12.4. The molecule has 0 aliphatic heterocycles. The van der Waals surface area contributed by atoms with Crippen LogP contribution in [0.5, 0.6) is 0 Å². The Morgan fingerprint density at radius 2 is 2.11 bits per heavy atom. The number of aromatic nitrogens is 3. The monoisotopic (exact) mass is 400 g/mol. The smallest absolute Gasteiger partial charge is 0.277 e. The lowest BCUT2D eigenvalue weighted by molar-refractivity contribution is -0.115. The van der Waals surface area contributed by atoms with E-state index >= 15 is 0 Å². The molecule has 0 unspecified atom stereocenters. The number of benzene rings is 1. The van der Waals surface area contributed by atoms with Crippen LogP contribution < -0.4 is 5.32 Å². The highest BCUT2D eigenvalue weighted by molar-refractivity contribution is 8.00. The van der Waals surface area contributed by atoms with Gasteiger partial charge in [-0.15, -0.1) is 21.5 Å². The van der Waals surface area contributed by atoms with E-state index in [1.165, 1.54) is 28.7 Å². The molecule has 8 heteroatoms. The number of rotatable bonds is 7. The summed E-state index contributed by atoms with van der Waals surface area (Å²) in [5.41, 5.74) is 3.20. The van der Waals surface area contributed by atoms with E-state index in [0.717, 1.165) is 30.5 Å². The van der Waals surface area contributed by atoms with Gasteiger partial charge in [0.05, 0.1) is 10.9 Å². The van der Waals surface area contributed by atoms with E-state index < -0.39 is 0 Å². The molecule has 2 aromatic heterocycles. The third kappa shape index (κ3) is 4.39. The molecule has 0 bridgehead atoms. The molecular weight excluding hydrogens is 380 g/mol. The molecule has 1 amide bonds. The summed E-state index contributed by atoms with van der Waals surface area (Å²) in [5, 5.41) is 13.6. The predicted octanol–water partition coefficient (Wildman–Crippen LogP) is 4.75. The van der Waals surface area contributed by atoms with E-state index in [1.807, 2.05) is 12.3 Å². The van der Waals surface area contributed by atoms with Crippen LogP contribution in [0.15, 0.2) is 39.3 Å². The summed E-state index contributed by atoms with van der Waals surface area (Å²) in [6, 6.07) is 8.33. The minimum atomic E-state index is -0.353. The fraction of sp³-hybridized carbons (Fsp3) is 0.368. The Morgan fingerprint density at radius 3 is 2.81 bits per heavy atom. The number of carbonyl (C=O) groups excluding carboxylic acids is 1. The summed E-state index contributed by atoms with van der Waals surface area (Å²) >= 11 is 2.69. The molecule has 1 aromatic carbocycles. The van der Waals surface area contributed by atoms with Crippen molar-refractivity contribution in [3.05, 3.63) is 41.1 Å². The number of hydrogen-bond acceptors (Lipinski definition) is 7. The van der Waals surface area contributed by atoms with Crippen LogP contribution in [-0.4, -0.2) is 26.3 Å². The van der Waals surface area contributed by atoms with Crippen LogP contribution in [0.3, 0.4) is 0 Å². The molecule has 1 atom stereocenters. The Balaban J connectivity index is 1.36. The Morgan fingerprint density at radius 1 is 1.33 bits per heavy atom. The van der Waals surface area contributed by atoms with Crippen LogP contribution in [-0.2, 0) is 11.2 Å². The van der Waals surface area contributed by atoms with E-state index in [-0.39, 0.29) is 11.2 Å². The molecule has 1 fully saturated rings. The summed E-state index contributed by atoms with van der Waals surface area (Å²) < 4.78 is 5.61. The van der Waals surface area contributed by atoms with Crippen LogP contribution in [0.1, 0.15) is 44.1 Å². The van der Waals surface area contributed by atoms with Crippen LogP contribution in [0.4, 0.5) is 5.13 Å². The number of carbonyl (C=O) groups is 1. The van der Waals surface area contributed by atoms with Gasteiger partial charge in [0.15, 0.2) is 5.13 Å². The standard InChI is InChI=1S/C19H20N4O2S2/c1-3-12-4-6-13(7-5-12)15-10-26-18(20-15)21-16(24)11(2)27-19-23-22-17(25-19)14-8-9-14/h4-7,10-11,14H,3,8-9H2,1-2H3,(H,20,21,24)/t11-/m0/s1. The summed E-state index contributed by atoms with van der Waals surface area (Å²) in [6.45, 7) is 3.95. The highest BCUT2D eigenvalue weighted by Gasteiger charge is 2.30. The molecule has 4 rings (SSSR count). The Hall–Kier alpha value is -2.19. The van der Waals surface area contributed by atoms with Crippen LogP contribution in [0.2, 0.25) is 0 Å². The average Bonchev–Trinajstić information content (AvgIpc) is 3.25. The van der Waals surface area contributed by atoms with Gasteiger partial charge in [0.25, 0.3) is 5.22 Å². The van der Waals surface area contributed by atoms with E-state index in [0.29, 0.717) is 22.2 Å². The Kier molecular flexibility index (Phi) is 5.27. The van der Waals surface area contributed by atoms with Crippen molar-refractivity contribution in [2.24, 2.45) is 0 Å². The number of nitrogens with zero attached hydrogens (tertiary/aromatic N) is 3. The molecule has 6 nitrogen and oxygen atoms in total. The zero-order chi connectivity index (χ0) is 18.8. The van der Waals surface area contributed by atoms with Crippen molar-refractivity contribution in [1.29, 1.82) is 0 Å². The zero-order valence-electron chi connectivity index (χ0n) is 15.1. The number of thioether (sulfide) groups is 1. The summed E-state index contributed by atoms with van der Waals surface area (Å²) in [4.78, 5) is 17.0. The number of hydrogen-bond donors (Lipinski definition) is 1. The van der Waals surface area contributed by atoms with E-state index in [1.54, 1.807) is 0 Å². The molecule has 1 aliphatic rings. The fourth-order valence-electron chi connectivity index (χ4n) is 2.55. The van der Waals surface area contributed by atoms with Crippen molar-refractivity contribution < 1.29 is 9.21 Å². The lowest BCUT2D eigenvalue weighted by Crippen LogP contribution is -2.22. The zero-order valence-corrected chi connectivity index (χ0v) is 16.8. The highest BCUT2D eigenvalue weighted by atomic mass is 32.2. The number of nitrogens with one attached hydrogen (secondary N) is 1. The second-order valence-electron chi connectivity index (χ2n) is 6.52. The quantitative estimate of drug-likeness (QED) is 0.576. The van der Waals surface area contributed by atoms with Crippen molar-refractivity contribution in [3.63, 3.8) is 0 Å². The van der Waals surface area contributed by atoms with Gasteiger partial charge in [-0.3, -0.25) is 4.79 Å². The predicted molar refractivity (Wildman–Crippen MR) is 107 cm³/mol. The Bertz CT molecular complexity index is 931. The molecule has 1 aliphatic carbocycles. The van der Waals surface area contributed by atoms with Crippen LogP contribution in [0.25, 0.3) is 11.3 Å². The molecule has 27 heavy (non-hydrogen) atoms. The molecule has 0 radical (unpaired) electrons. The third-order valence-corrected chi connectivity index (χ3v) is 6.08. The van der Waals surface area contributed by atoms with Crippen molar-refractivity contribution in [3.8, 4) is 11.3 Å². The normalized spacial score (nSPS) is 14.9. The van der Waals surface area contributed by atoms with Crippen molar-refractivity contribution in [2.75, 3.05) is 5.32 Å². The molecule has 0 saturated heterocycles.